The summed E-state index contributed by atoms with van der Waals surface area (Å²) in [5.74, 6) is 0.0155. The molecule has 1 amide bonds. The number of aromatic nitrogens is 4. The smallest absolute Gasteiger partial charge is 0.259 e. The summed E-state index contributed by atoms with van der Waals surface area (Å²) in [5.41, 5.74) is 1.46. The number of imidazole rings is 1. The van der Waals surface area contributed by atoms with Crippen LogP contribution in [0.25, 0.3) is 11.2 Å². The quantitative estimate of drug-likeness (QED) is 0.104. The lowest BCUT2D eigenvalue weighted by Gasteiger charge is -2.42. The van der Waals surface area contributed by atoms with Crippen molar-refractivity contribution in [3.05, 3.63) is 48.5 Å². The molecular weight excluding hydrogens is 633 g/mol. The predicted octanol–water partition coefficient (Wildman–Crippen LogP) is 7.44. The summed E-state index contributed by atoms with van der Waals surface area (Å²) in [6, 6.07) is 11.4. The summed E-state index contributed by atoms with van der Waals surface area (Å²) in [4.78, 5) is 26.6. The van der Waals surface area contributed by atoms with Crippen LogP contribution in [0, 0.1) is 11.3 Å². The molecule has 0 bridgehead atoms. The van der Waals surface area contributed by atoms with Crippen LogP contribution in [0.3, 0.4) is 0 Å². The van der Waals surface area contributed by atoms with Crippen LogP contribution in [0.1, 0.15) is 84.8 Å². The second-order valence-electron chi connectivity index (χ2n) is 13.8. The van der Waals surface area contributed by atoms with Gasteiger partial charge in [0.25, 0.3) is 14.4 Å². The second-order valence-corrected chi connectivity index (χ2v) is 20.0. The number of hydrogen-bond donors (Lipinski definition) is 1. The number of carbonyl (C=O) groups excluding carboxylic acids is 1. The highest BCUT2D eigenvalue weighted by Gasteiger charge is 2.53. The second kappa shape index (κ2) is 15.6. The van der Waals surface area contributed by atoms with Crippen LogP contribution in [0.15, 0.2) is 43.0 Å². The minimum atomic E-state index is -2.37. The fourth-order valence-corrected chi connectivity index (χ4v) is 8.38. The Morgan fingerprint density at radius 3 is 2.40 bits per heavy atom. The van der Waals surface area contributed by atoms with E-state index in [1.807, 2.05) is 22.8 Å². The molecule has 1 fully saturated rings. The SMILES string of the molecule is CC[C@H]1O[C@@H](n2cnc3c(NC(=O)c4ccccc4)ncnc32)C(O[Si](C)(C)C(C)(C)C)[C@H]1OP(OCCC#N)N(C(C)C)C(C)C. The average molecular weight is 684 g/mol. The maximum absolute atomic E-state index is 13.0. The maximum atomic E-state index is 13.0. The number of anilines is 1. The van der Waals surface area contributed by atoms with E-state index >= 15 is 0 Å². The van der Waals surface area contributed by atoms with Crippen molar-refractivity contribution in [3.63, 3.8) is 0 Å². The first-order valence-electron chi connectivity index (χ1n) is 16.3. The van der Waals surface area contributed by atoms with Crippen molar-refractivity contribution in [3.8, 4) is 6.07 Å². The van der Waals surface area contributed by atoms with Gasteiger partial charge in [-0.25, -0.2) is 19.6 Å². The van der Waals surface area contributed by atoms with Gasteiger partial charge in [-0.15, -0.1) is 0 Å². The Kier molecular flexibility index (Phi) is 12.3. The van der Waals surface area contributed by atoms with Crippen LogP contribution < -0.4 is 5.32 Å². The summed E-state index contributed by atoms with van der Waals surface area (Å²) in [7, 11) is -3.94. The lowest BCUT2D eigenvalue weighted by molar-refractivity contribution is -0.0324. The third-order valence-corrected chi connectivity index (χ3v) is 15.3. The van der Waals surface area contributed by atoms with Crippen molar-refractivity contribution < 1.29 is 23.0 Å². The van der Waals surface area contributed by atoms with Gasteiger partial charge >= 0.3 is 0 Å². The Balaban J connectivity index is 1.76. The van der Waals surface area contributed by atoms with E-state index in [1.165, 1.54) is 6.33 Å². The molecular formula is C33H50N7O5PSi. The Bertz CT molecular complexity index is 1520. The third kappa shape index (κ3) is 8.43. The Labute approximate surface area is 281 Å². The first-order valence-corrected chi connectivity index (χ1v) is 20.4. The molecule has 47 heavy (non-hydrogen) atoms. The molecule has 5 atom stereocenters. The fraction of sp³-hybridized carbons (Fsp3) is 0.606. The molecule has 1 N–H and O–H groups in total. The molecule has 1 aromatic carbocycles. The molecule has 2 aromatic heterocycles. The number of nitriles is 1. The molecule has 3 aromatic rings. The van der Waals surface area contributed by atoms with Crippen molar-refractivity contribution in [1.29, 1.82) is 5.26 Å². The summed E-state index contributed by atoms with van der Waals surface area (Å²) in [5, 5.41) is 12.0. The van der Waals surface area contributed by atoms with Crippen molar-refractivity contribution in [2.45, 2.75) is 123 Å². The van der Waals surface area contributed by atoms with Gasteiger partial charge in [0.05, 0.1) is 31.5 Å². The van der Waals surface area contributed by atoms with Crippen molar-refractivity contribution in [2.75, 3.05) is 11.9 Å². The molecule has 1 saturated heterocycles. The minimum absolute atomic E-state index is 0.0869. The van der Waals surface area contributed by atoms with Crippen molar-refractivity contribution >= 4 is 39.7 Å². The lowest BCUT2D eigenvalue weighted by atomic mass is 10.1. The number of rotatable bonds is 14. The van der Waals surface area contributed by atoms with Crippen molar-refractivity contribution in [2.24, 2.45) is 0 Å². The van der Waals surface area contributed by atoms with Crippen molar-refractivity contribution in [1.82, 2.24) is 24.2 Å². The van der Waals surface area contributed by atoms with Gasteiger partial charge in [-0.1, -0.05) is 45.9 Å². The molecule has 3 heterocycles. The molecule has 12 nitrogen and oxygen atoms in total. The molecule has 14 heteroatoms. The molecule has 0 spiro atoms. The number of amides is 1. The van der Waals surface area contributed by atoms with Crippen LogP contribution >= 0.6 is 8.53 Å². The summed E-state index contributed by atoms with van der Waals surface area (Å²) >= 11 is 0. The van der Waals surface area contributed by atoms with Gasteiger partial charge in [0.2, 0.25) is 0 Å². The Morgan fingerprint density at radius 2 is 1.81 bits per heavy atom. The van der Waals surface area contributed by atoms with Crippen LogP contribution in [-0.2, 0) is 18.2 Å². The number of fused-ring (bicyclic) bond motifs is 1. The van der Waals surface area contributed by atoms with Crippen LogP contribution in [-0.4, -0.2) is 75.4 Å². The number of hydrogen-bond acceptors (Lipinski definition) is 10. The zero-order chi connectivity index (χ0) is 34.5. The molecule has 2 unspecified atom stereocenters. The topological polar surface area (TPSA) is 137 Å². The van der Waals surface area contributed by atoms with Gasteiger partial charge < -0.3 is 23.5 Å². The fourth-order valence-electron chi connectivity index (χ4n) is 5.33. The lowest BCUT2D eigenvalue weighted by Crippen LogP contribution is -2.49. The van der Waals surface area contributed by atoms with E-state index in [-0.39, 0.29) is 42.2 Å². The zero-order valence-electron chi connectivity index (χ0n) is 29.3. The highest BCUT2D eigenvalue weighted by atomic mass is 31.2. The van der Waals surface area contributed by atoms with E-state index in [4.69, 9.17) is 18.2 Å². The predicted molar refractivity (Wildman–Crippen MR) is 186 cm³/mol. The number of carbonyl (C=O) groups is 1. The van der Waals surface area contributed by atoms with E-state index in [9.17, 15) is 10.1 Å². The van der Waals surface area contributed by atoms with Gasteiger partial charge in [0, 0.05) is 17.6 Å². The van der Waals surface area contributed by atoms with Gasteiger partial charge in [0.1, 0.15) is 18.5 Å². The van der Waals surface area contributed by atoms with Gasteiger partial charge in [0.15, 0.2) is 31.5 Å². The molecule has 256 valence electrons. The van der Waals surface area contributed by atoms with Gasteiger partial charge in [-0.2, -0.15) is 5.26 Å². The molecule has 1 aliphatic rings. The van der Waals surface area contributed by atoms with E-state index in [2.05, 4.69) is 99.5 Å². The summed E-state index contributed by atoms with van der Waals surface area (Å²) < 4.78 is 31.4. The monoisotopic (exact) mass is 683 g/mol. The van der Waals surface area contributed by atoms with E-state index in [1.54, 1.807) is 18.5 Å². The van der Waals surface area contributed by atoms with Crippen LogP contribution in [0.2, 0.25) is 18.1 Å². The van der Waals surface area contributed by atoms with E-state index < -0.39 is 35.3 Å². The van der Waals surface area contributed by atoms with Crippen LogP contribution in [0.4, 0.5) is 5.82 Å². The Hall–Kier alpha value is -2.82. The molecule has 0 saturated carbocycles. The van der Waals surface area contributed by atoms with E-state index in [0.717, 1.165) is 0 Å². The molecule has 0 aliphatic carbocycles. The first-order chi connectivity index (χ1) is 22.2. The number of nitrogens with one attached hydrogen (secondary N) is 1. The highest BCUT2D eigenvalue weighted by molar-refractivity contribution is 7.44. The third-order valence-electron chi connectivity index (χ3n) is 8.70. The normalized spacial score (nSPS) is 21.1. The number of nitrogens with zero attached hydrogens (tertiary/aromatic N) is 6. The summed E-state index contributed by atoms with van der Waals surface area (Å²) in [6.07, 6.45) is 2.06. The standard InChI is InChI=1S/C33H50N7O5PSi/c1-11-25-27(44-46(42-19-15-18-34)40(22(2)3)23(4)5)28(45-47(9,10)33(6,7)8)32(43-25)39-21-37-26-29(35-20-36-30(26)39)38-31(41)24-16-13-12-14-17-24/h12-14,16-17,20-23,25,27-28,32H,11,15,19H2,1-10H3,(H,35,36,38,41)/t25-,27+,28?,32-,46?/m1/s1. The first kappa shape index (κ1) is 37.0. The van der Waals surface area contributed by atoms with Crippen LogP contribution in [0.5, 0.6) is 0 Å². The highest BCUT2D eigenvalue weighted by Crippen LogP contribution is 2.52. The zero-order valence-corrected chi connectivity index (χ0v) is 31.2. The minimum Gasteiger partial charge on any atom is -0.407 e. The molecule has 1 aliphatic heterocycles. The maximum Gasteiger partial charge on any atom is 0.259 e. The summed E-state index contributed by atoms with van der Waals surface area (Å²) in [6.45, 7) is 21.8. The molecule has 0 radical (unpaired) electrons. The van der Waals surface area contributed by atoms with E-state index in [0.29, 0.717) is 29.0 Å². The largest absolute Gasteiger partial charge is 0.407 e. The number of ether oxygens (including phenoxy) is 1. The number of benzene rings is 1. The van der Waals surface area contributed by atoms with Gasteiger partial charge in [-0.3, -0.25) is 9.36 Å². The average Bonchev–Trinajstić information content (AvgIpc) is 3.58. The Morgan fingerprint density at radius 1 is 1.13 bits per heavy atom. The molecule has 4 rings (SSSR count). The van der Waals surface area contributed by atoms with Gasteiger partial charge in [-0.05, 0) is 64.4 Å².